The minimum Gasteiger partial charge on any atom is -0.468 e. The second-order valence-electron chi connectivity index (χ2n) is 8.01. The fourth-order valence-corrected chi connectivity index (χ4v) is 4.20. The van der Waals surface area contributed by atoms with Gasteiger partial charge < -0.3 is 20.0 Å². The first kappa shape index (κ1) is 23.8. The van der Waals surface area contributed by atoms with Crippen LogP contribution in [0.25, 0.3) is 0 Å². The molecule has 4 rings (SSSR count). The van der Waals surface area contributed by atoms with Gasteiger partial charge in [-0.15, -0.1) is 0 Å². The second-order valence-corrected chi connectivity index (χ2v) is 8.42. The molecule has 0 aliphatic carbocycles. The summed E-state index contributed by atoms with van der Waals surface area (Å²) in [6.45, 7) is 3.32. The van der Waals surface area contributed by atoms with Crippen molar-refractivity contribution in [2.24, 2.45) is 0 Å². The second kappa shape index (κ2) is 11.2. The van der Waals surface area contributed by atoms with Crippen LogP contribution in [0.4, 0.5) is 10.1 Å². The number of furan rings is 1. The Morgan fingerprint density at radius 2 is 1.65 bits per heavy atom. The molecule has 1 aliphatic heterocycles. The first-order chi connectivity index (χ1) is 16.5. The highest BCUT2D eigenvalue weighted by Crippen LogP contribution is 2.24. The van der Waals surface area contributed by atoms with Crippen molar-refractivity contribution in [1.82, 2.24) is 15.5 Å². The Morgan fingerprint density at radius 1 is 0.941 bits per heavy atom. The van der Waals surface area contributed by atoms with Crippen molar-refractivity contribution in [3.05, 3.63) is 89.1 Å². The fourth-order valence-electron chi connectivity index (χ4n) is 4.00. The average molecular weight is 485 g/mol. The van der Waals surface area contributed by atoms with Crippen molar-refractivity contribution in [3.8, 4) is 0 Å². The van der Waals surface area contributed by atoms with Crippen LogP contribution < -0.4 is 15.5 Å². The van der Waals surface area contributed by atoms with Gasteiger partial charge in [0.1, 0.15) is 11.6 Å². The summed E-state index contributed by atoms with van der Waals surface area (Å²) in [7, 11) is 0. The van der Waals surface area contributed by atoms with Crippen LogP contribution in [0.2, 0.25) is 5.02 Å². The first-order valence-electron chi connectivity index (χ1n) is 11.1. The Bertz CT molecular complexity index is 1100. The van der Waals surface area contributed by atoms with Crippen molar-refractivity contribution >= 4 is 29.1 Å². The van der Waals surface area contributed by atoms with Crippen molar-refractivity contribution < 1.29 is 18.4 Å². The maximum atomic E-state index is 13.2. The molecule has 2 N–H and O–H groups in total. The maximum Gasteiger partial charge on any atom is 0.309 e. The molecule has 0 bridgehead atoms. The topological polar surface area (TPSA) is 77.8 Å². The minimum absolute atomic E-state index is 0.166. The number of nitrogens with one attached hydrogen (secondary N) is 2. The Kier molecular flexibility index (Phi) is 7.82. The number of rotatable bonds is 7. The molecule has 1 atom stereocenters. The molecule has 0 radical (unpaired) electrons. The van der Waals surface area contributed by atoms with Gasteiger partial charge in [0.25, 0.3) is 0 Å². The van der Waals surface area contributed by atoms with Crippen LogP contribution in [-0.4, -0.2) is 49.4 Å². The van der Waals surface area contributed by atoms with E-state index in [1.807, 2.05) is 12.1 Å². The lowest BCUT2D eigenvalue weighted by atomic mass is 10.1. The molecule has 178 valence electrons. The molecule has 2 amide bonds. The predicted molar refractivity (Wildman–Crippen MR) is 128 cm³/mol. The van der Waals surface area contributed by atoms with E-state index in [1.54, 1.807) is 42.7 Å². The van der Waals surface area contributed by atoms with Gasteiger partial charge in [-0.1, -0.05) is 29.8 Å². The number of carbonyl (C=O) groups is 2. The fraction of sp³-hybridized carbons (Fsp3) is 0.280. The largest absolute Gasteiger partial charge is 0.468 e. The number of nitrogens with zero attached hydrogens (tertiary/aromatic N) is 2. The summed E-state index contributed by atoms with van der Waals surface area (Å²) in [5, 5.41) is 5.86. The summed E-state index contributed by atoms with van der Waals surface area (Å²) >= 11 is 6.10. The molecule has 0 spiro atoms. The third kappa shape index (κ3) is 5.95. The molecule has 1 fully saturated rings. The molecule has 7 nitrogen and oxygen atoms in total. The van der Waals surface area contributed by atoms with E-state index in [9.17, 15) is 14.0 Å². The van der Waals surface area contributed by atoms with E-state index in [2.05, 4.69) is 20.4 Å². The third-order valence-electron chi connectivity index (χ3n) is 5.88. The number of hydrogen-bond donors (Lipinski definition) is 2. The van der Waals surface area contributed by atoms with Crippen molar-refractivity contribution in [2.75, 3.05) is 37.6 Å². The smallest absolute Gasteiger partial charge is 0.309 e. The van der Waals surface area contributed by atoms with E-state index in [0.29, 0.717) is 10.8 Å². The van der Waals surface area contributed by atoms with Gasteiger partial charge in [-0.2, -0.15) is 0 Å². The lowest BCUT2D eigenvalue weighted by Gasteiger charge is -2.39. The van der Waals surface area contributed by atoms with Gasteiger partial charge in [-0.3, -0.25) is 14.5 Å². The van der Waals surface area contributed by atoms with Gasteiger partial charge in [0.2, 0.25) is 0 Å². The van der Waals surface area contributed by atoms with Gasteiger partial charge in [-0.25, -0.2) is 4.39 Å². The number of piperazine rings is 1. The van der Waals surface area contributed by atoms with Crippen molar-refractivity contribution in [2.45, 2.75) is 12.6 Å². The molecule has 1 aromatic heterocycles. The maximum absolute atomic E-state index is 13.2. The number of amides is 2. The van der Waals surface area contributed by atoms with Crippen LogP contribution in [0.3, 0.4) is 0 Å². The molecule has 9 heteroatoms. The van der Waals surface area contributed by atoms with Gasteiger partial charge in [0.15, 0.2) is 0 Å². The Morgan fingerprint density at radius 3 is 2.32 bits per heavy atom. The molecule has 3 aromatic rings. The lowest BCUT2D eigenvalue weighted by molar-refractivity contribution is -0.139. The number of halogens is 2. The summed E-state index contributed by atoms with van der Waals surface area (Å²) in [6.07, 6.45) is 1.59. The molecule has 0 saturated carbocycles. The molecule has 34 heavy (non-hydrogen) atoms. The Hall–Kier alpha value is -3.36. The zero-order valence-corrected chi connectivity index (χ0v) is 19.3. The molecule has 1 saturated heterocycles. The first-order valence-corrected chi connectivity index (χ1v) is 11.5. The van der Waals surface area contributed by atoms with Gasteiger partial charge in [-0.05, 0) is 48.0 Å². The normalized spacial score (nSPS) is 15.1. The zero-order chi connectivity index (χ0) is 23.9. The van der Waals surface area contributed by atoms with E-state index >= 15 is 0 Å². The Balaban J connectivity index is 1.32. The molecule has 2 aromatic carbocycles. The summed E-state index contributed by atoms with van der Waals surface area (Å²) in [6, 6.07) is 17.0. The SMILES string of the molecule is O=C(NCc1ccccc1Cl)C(=O)NCC(c1ccco1)N1CCN(c2ccc(F)cc2)CC1. The Labute approximate surface area is 202 Å². The average Bonchev–Trinajstić information content (AvgIpc) is 3.39. The van der Waals surface area contributed by atoms with Gasteiger partial charge in [0, 0.05) is 50.0 Å². The van der Waals surface area contributed by atoms with Crippen LogP contribution in [0, 0.1) is 5.82 Å². The summed E-state index contributed by atoms with van der Waals surface area (Å²) < 4.78 is 18.9. The van der Waals surface area contributed by atoms with Crippen LogP contribution in [0.15, 0.2) is 71.3 Å². The van der Waals surface area contributed by atoms with E-state index in [-0.39, 0.29) is 24.9 Å². The molecular formula is C25H26ClFN4O3. The number of carbonyl (C=O) groups excluding carboxylic acids is 2. The van der Waals surface area contributed by atoms with Gasteiger partial charge >= 0.3 is 11.8 Å². The van der Waals surface area contributed by atoms with Crippen LogP contribution in [-0.2, 0) is 16.1 Å². The molecule has 1 aliphatic rings. The molecular weight excluding hydrogens is 459 g/mol. The van der Waals surface area contributed by atoms with Crippen molar-refractivity contribution in [3.63, 3.8) is 0 Å². The van der Waals surface area contributed by atoms with E-state index in [0.717, 1.165) is 37.4 Å². The molecule has 2 heterocycles. The highest BCUT2D eigenvalue weighted by molar-refractivity contribution is 6.35. The van der Waals surface area contributed by atoms with Crippen LogP contribution in [0.5, 0.6) is 0 Å². The highest BCUT2D eigenvalue weighted by Gasteiger charge is 2.28. The zero-order valence-electron chi connectivity index (χ0n) is 18.5. The summed E-state index contributed by atoms with van der Waals surface area (Å²) in [5.74, 6) is -0.980. The lowest BCUT2D eigenvalue weighted by Crippen LogP contribution is -2.50. The van der Waals surface area contributed by atoms with Gasteiger partial charge in [0.05, 0.1) is 12.3 Å². The van der Waals surface area contributed by atoms with Crippen LogP contribution in [0.1, 0.15) is 17.4 Å². The third-order valence-corrected chi connectivity index (χ3v) is 6.25. The summed E-state index contributed by atoms with van der Waals surface area (Å²) in [4.78, 5) is 29.1. The van der Waals surface area contributed by atoms with E-state index in [1.165, 1.54) is 12.1 Å². The van der Waals surface area contributed by atoms with E-state index in [4.69, 9.17) is 16.0 Å². The monoisotopic (exact) mass is 484 g/mol. The summed E-state index contributed by atoms with van der Waals surface area (Å²) in [5.41, 5.74) is 1.71. The number of hydrogen-bond acceptors (Lipinski definition) is 5. The van der Waals surface area contributed by atoms with E-state index < -0.39 is 11.8 Å². The standard InChI is InChI=1S/C25H26ClFN4O3/c26-21-5-2-1-4-18(21)16-28-24(32)25(33)29-17-22(23-6-3-15-34-23)31-13-11-30(12-14-31)20-9-7-19(27)8-10-20/h1-10,15,22H,11-14,16-17H2,(H,28,32)(H,29,33). The predicted octanol–water partition coefficient (Wildman–Crippen LogP) is 3.37. The molecule has 1 unspecified atom stereocenters. The number of anilines is 1. The number of benzene rings is 2. The van der Waals surface area contributed by atoms with Crippen molar-refractivity contribution in [1.29, 1.82) is 0 Å². The highest BCUT2D eigenvalue weighted by atomic mass is 35.5. The van der Waals surface area contributed by atoms with Crippen LogP contribution >= 0.6 is 11.6 Å². The minimum atomic E-state index is -0.723. The quantitative estimate of drug-likeness (QED) is 0.503.